The molecule has 0 saturated heterocycles. The van der Waals surface area contributed by atoms with E-state index in [2.05, 4.69) is 5.32 Å². The zero-order valence-corrected chi connectivity index (χ0v) is 18.3. The molecule has 0 heterocycles. The van der Waals surface area contributed by atoms with Gasteiger partial charge < -0.3 is 15.0 Å². The van der Waals surface area contributed by atoms with Crippen LogP contribution in [-0.4, -0.2) is 48.2 Å². The van der Waals surface area contributed by atoms with Gasteiger partial charge in [0.15, 0.2) is 6.61 Å². The van der Waals surface area contributed by atoms with E-state index in [4.69, 9.17) is 4.74 Å². The quantitative estimate of drug-likeness (QED) is 0.491. The van der Waals surface area contributed by atoms with E-state index in [0.717, 1.165) is 11.1 Å². The second-order valence-corrected chi connectivity index (χ2v) is 7.39. The summed E-state index contributed by atoms with van der Waals surface area (Å²) in [5.74, 6) is -1.45. The van der Waals surface area contributed by atoms with Gasteiger partial charge in [-0.3, -0.25) is 14.4 Å². The number of aldehydes is 1. The maximum Gasteiger partial charge on any atom is 0.338 e. The summed E-state index contributed by atoms with van der Waals surface area (Å²) >= 11 is 0. The lowest BCUT2D eigenvalue weighted by Crippen LogP contribution is -2.45. The van der Waals surface area contributed by atoms with Crippen LogP contribution in [-0.2, 0) is 14.3 Å². The third kappa shape index (κ3) is 6.50. The molecule has 1 atom stereocenters. The lowest BCUT2D eigenvalue weighted by atomic mass is 10.1. The van der Waals surface area contributed by atoms with Crippen molar-refractivity contribution >= 4 is 29.8 Å². The van der Waals surface area contributed by atoms with Crippen molar-refractivity contribution in [1.29, 1.82) is 0 Å². The van der Waals surface area contributed by atoms with Gasteiger partial charge in [0.1, 0.15) is 12.8 Å². The molecule has 1 N–H and O–H groups in total. The highest BCUT2D eigenvalue weighted by molar-refractivity contribution is 5.96. The van der Waals surface area contributed by atoms with Crippen molar-refractivity contribution in [2.75, 3.05) is 18.5 Å². The molecule has 2 aromatic rings. The lowest BCUT2D eigenvalue weighted by Gasteiger charge is -2.28. The van der Waals surface area contributed by atoms with Crippen molar-refractivity contribution in [2.45, 2.75) is 40.2 Å². The Labute approximate surface area is 182 Å². The van der Waals surface area contributed by atoms with E-state index in [9.17, 15) is 19.2 Å². The molecule has 0 aliphatic rings. The highest BCUT2D eigenvalue weighted by Gasteiger charge is 2.23. The average molecular weight is 424 g/mol. The molecule has 7 heteroatoms. The first-order chi connectivity index (χ1) is 14.8. The summed E-state index contributed by atoms with van der Waals surface area (Å²) in [5.41, 5.74) is 3.39. The maximum atomic E-state index is 12.7. The Morgan fingerprint density at radius 1 is 1.10 bits per heavy atom. The zero-order chi connectivity index (χ0) is 23.0. The van der Waals surface area contributed by atoms with Gasteiger partial charge >= 0.3 is 5.97 Å². The van der Waals surface area contributed by atoms with Crippen LogP contribution in [0.25, 0.3) is 0 Å². The van der Waals surface area contributed by atoms with Gasteiger partial charge in [-0.05, 0) is 56.5 Å². The molecule has 7 nitrogen and oxygen atoms in total. The van der Waals surface area contributed by atoms with E-state index >= 15 is 0 Å². The van der Waals surface area contributed by atoms with Gasteiger partial charge in [0.25, 0.3) is 5.91 Å². The van der Waals surface area contributed by atoms with Crippen LogP contribution in [0, 0.1) is 13.8 Å². The minimum absolute atomic E-state index is 0.146. The van der Waals surface area contributed by atoms with E-state index in [1.165, 1.54) is 29.2 Å². The molecule has 0 aromatic heterocycles. The van der Waals surface area contributed by atoms with Crippen LogP contribution in [0.15, 0.2) is 42.5 Å². The van der Waals surface area contributed by atoms with E-state index in [1.54, 1.807) is 0 Å². The minimum atomic E-state index is -0.672. The smallest absolute Gasteiger partial charge is 0.338 e. The van der Waals surface area contributed by atoms with E-state index in [0.29, 0.717) is 24.0 Å². The molecule has 2 amide bonds. The SMILES string of the molecule is CC[C@H](C)N(CC(=O)Nc1cccc(C)c1C)C(=O)COC(=O)c1ccc(C=O)cc1. The van der Waals surface area contributed by atoms with E-state index in [1.807, 2.05) is 45.9 Å². The summed E-state index contributed by atoms with van der Waals surface area (Å²) in [6.45, 7) is 7.00. The number of rotatable bonds is 9. The van der Waals surface area contributed by atoms with Crippen LogP contribution in [0.1, 0.15) is 52.1 Å². The molecule has 2 aromatic carbocycles. The summed E-state index contributed by atoms with van der Waals surface area (Å²) in [7, 11) is 0. The van der Waals surface area contributed by atoms with Crippen molar-refractivity contribution in [3.8, 4) is 0 Å². The van der Waals surface area contributed by atoms with Crippen molar-refractivity contribution < 1.29 is 23.9 Å². The topological polar surface area (TPSA) is 92.8 Å². The molecule has 0 saturated carbocycles. The van der Waals surface area contributed by atoms with Crippen molar-refractivity contribution in [3.63, 3.8) is 0 Å². The number of carbonyl (C=O) groups excluding carboxylic acids is 4. The number of hydrogen-bond donors (Lipinski definition) is 1. The summed E-state index contributed by atoms with van der Waals surface area (Å²) in [6, 6.07) is 11.3. The standard InChI is InChI=1S/C24H28N2O5/c1-5-17(3)26(13-22(28)25-21-8-6-7-16(2)18(21)4)23(29)15-31-24(30)20-11-9-19(14-27)10-12-20/h6-12,14,17H,5,13,15H2,1-4H3,(H,25,28)/t17-/m0/s1. The first-order valence-corrected chi connectivity index (χ1v) is 10.1. The Hall–Kier alpha value is -3.48. The lowest BCUT2D eigenvalue weighted by molar-refractivity contribution is -0.139. The monoisotopic (exact) mass is 424 g/mol. The molecule has 0 aliphatic heterocycles. The third-order valence-electron chi connectivity index (χ3n) is 5.25. The molecule has 0 bridgehead atoms. The number of ether oxygens (including phenoxy) is 1. The predicted octanol–water partition coefficient (Wildman–Crippen LogP) is 3.54. The van der Waals surface area contributed by atoms with Crippen LogP contribution in [0.4, 0.5) is 5.69 Å². The molecule has 0 radical (unpaired) electrons. The zero-order valence-electron chi connectivity index (χ0n) is 18.3. The summed E-state index contributed by atoms with van der Waals surface area (Å²) in [5, 5.41) is 2.85. The largest absolute Gasteiger partial charge is 0.452 e. The fourth-order valence-electron chi connectivity index (χ4n) is 2.93. The summed E-state index contributed by atoms with van der Waals surface area (Å²) < 4.78 is 5.12. The van der Waals surface area contributed by atoms with Gasteiger partial charge in [-0.25, -0.2) is 4.79 Å². The normalized spacial score (nSPS) is 11.4. The first kappa shape index (κ1) is 23.8. The van der Waals surface area contributed by atoms with Crippen LogP contribution >= 0.6 is 0 Å². The Kier molecular flexibility index (Phi) is 8.49. The minimum Gasteiger partial charge on any atom is -0.452 e. The van der Waals surface area contributed by atoms with E-state index < -0.39 is 18.5 Å². The Bertz CT molecular complexity index is 953. The molecule has 0 aliphatic carbocycles. The van der Waals surface area contributed by atoms with Crippen LogP contribution in [0.3, 0.4) is 0 Å². The molecule has 164 valence electrons. The molecular formula is C24H28N2O5. The number of anilines is 1. The van der Waals surface area contributed by atoms with Crippen molar-refractivity contribution in [1.82, 2.24) is 4.90 Å². The number of carbonyl (C=O) groups is 4. The van der Waals surface area contributed by atoms with E-state index in [-0.39, 0.29) is 24.1 Å². The second kappa shape index (κ2) is 11.1. The number of benzene rings is 2. The van der Waals surface area contributed by atoms with Crippen LogP contribution < -0.4 is 5.32 Å². The Morgan fingerprint density at radius 2 is 1.77 bits per heavy atom. The van der Waals surface area contributed by atoms with Crippen molar-refractivity contribution in [2.24, 2.45) is 0 Å². The Morgan fingerprint density at radius 3 is 2.39 bits per heavy atom. The Balaban J connectivity index is 2.00. The van der Waals surface area contributed by atoms with Gasteiger partial charge in [-0.2, -0.15) is 0 Å². The highest BCUT2D eigenvalue weighted by Crippen LogP contribution is 2.18. The average Bonchev–Trinajstić information content (AvgIpc) is 2.78. The first-order valence-electron chi connectivity index (χ1n) is 10.1. The number of nitrogens with zero attached hydrogens (tertiary/aromatic N) is 1. The van der Waals surface area contributed by atoms with Crippen LogP contribution in [0.2, 0.25) is 0 Å². The summed E-state index contributed by atoms with van der Waals surface area (Å²) in [4.78, 5) is 49.6. The maximum absolute atomic E-state index is 12.7. The fourth-order valence-corrected chi connectivity index (χ4v) is 2.93. The van der Waals surface area contributed by atoms with Gasteiger partial charge in [0.05, 0.1) is 5.56 Å². The molecule has 0 spiro atoms. The number of hydrogen-bond acceptors (Lipinski definition) is 5. The second-order valence-electron chi connectivity index (χ2n) is 7.39. The molecule has 31 heavy (non-hydrogen) atoms. The van der Waals surface area contributed by atoms with Gasteiger partial charge in [0, 0.05) is 17.3 Å². The number of aryl methyl sites for hydroxylation is 1. The summed E-state index contributed by atoms with van der Waals surface area (Å²) in [6.07, 6.45) is 1.32. The fraction of sp³-hybridized carbons (Fsp3) is 0.333. The van der Waals surface area contributed by atoms with Crippen molar-refractivity contribution in [3.05, 3.63) is 64.7 Å². The van der Waals surface area contributed by atoms with Gasteiger partial charge in [0.2, 0.25) is 5.91 Å². The van der Waals surface area contributed by atoms with Gasteiger partial charge in [-0.15, -0.1) is 0 Å². The molecule has 2 rings (SSSR count). The van der Waals surface area contributed by atoms with Gasteiger partial charge in [-0.1, -0.05) is 31.2 Å². The molecule has 0 unspecified atom stereocenters. The number of esters is 1. The molecular weight excluding hydrogens is 396 g/mol. The number of amides is 2. The third-order valence-corrected chi connectivity index (χ3v) is 5.25. The highest BCUT2D eigenvalue weighted by atomic mass is 16.5. The number of nitrogens with one attached hydrogen (secondary N) is 1. The molecule has 0 fully saturated rings. The van der Waals surface area contributed by atoms with Crippen LogP contribution in [0.5, 0.6) is 0 Å². The predicted molar refractivity (Wildman–Crippen MR) is 118 cm³/mol.